The summed E-state index contributed by atoms with van der Waals surface area (Å²) in [5.41, 5.74) is 0. The number of amides is 3. The fourth-order valence-corrected chi connectivity index (χ4v) is 7.63. The van der Waals surface area contributed by atoms with Crippen LogP contribution < -0.4 is 16.0 Å². The van der Waals surface area contributed by atoms with E-state index in [1.807, 2.05) is 20.8 Å². The highest BCUT2D eigenvalue weighted by Gasteiger charge is 2.52. The Morgan fingerprint density at radius 1 is 0.625 bits per heavy atom. The fourth-order valence-electron chi connectivity index (χ4n) is 7.63. The lowest BCUT2D eigenvalue weighted by molar-refractivity contribution is -0.358. The van der Waals surface area contributed by atoms with Crippen LogP contribution in [-0.4, -0.2) is 141 Å². The van der Waals surface area contributed by atoms with Crippen molar-refractivity contribution in [2.24, 2.45) is 11.8 Å². The van der Waals surface area contributed by atoms with Crippen LogP contribution in [0.1, 0.15) is 111 Å². The van der Waals surface area contributed by atoms with Crippen molar-refractivity contribution in [3.63, 3.8) is 0 Å². The Hall–Kier alpha value is -1.95. The van der Waals surface area contributed by atoms with Crippen molar-refractivity contribution < 1.29 is 57.0 Å². The first kappa shape index (κ1) is 50.2. The van der Waals surface area contributed by atoms with E-state index >= 15 is 0 Å². The molecule has 0 aromatic carbocycles. The first-order valence-electron chi connectivity index (χ1n) is 20.9. The maximum atomic E-state index is 13.0. The number of unbranched alkanes of at least 4 members (excludes halogenated alkanes) is 9. The second-order valence-electron chi connectivity index (χ2n) is 15.6. The average Bonchev–Trinajstić information content (AvgIpc) is 3.18. The molecule has 3 N–H and O–H groups in total. The SMILES string of the molecule is CCCCCCCCCCCCNC(=O)[C@H](CC(C)C)NC(=O)CCC(=O)NCC1O[C@H](O[C@@H]2C(COC)O[C@H](OC)C(OC)[C@H]2OC)C(OC)[C@@H](OC)[C@@H]1C. The molecule has 4 unspecified atom stereocenters. The summed E-state index contributed by atoms with van der Waals surface area (Å²) in [5.74, 6) is -0.863. The van der Waals surface area contributed by atoms with Crippen molar-refractivity contribution in [2.75, 3.05) is 62.4 Å². The highest BCUT2D eigenvalue weighted by molar-refractivity contribution is 5.89. The van der Waals surface area contributed by atoms with Crippen LogP contribution in [0.2, 0.25) is 0 Å². The minimum Gasteiger partial charge on any atom is -0.382 e. The first-order chi connectivity index (χ1) is 27.0. The van der Waals surface area contributed by atoms with Crippen LogP contribution in [0.15, 0.2) is 0 Å². The fraction of sp³-hybridized carbons (Fsp3) is 0.927. The standard InChI is InChI=1S/C41H77N3O12/c1-11-12-13-14-15-16-17-18-19-20-23-42-39(47)29(24-27(2)3)44-33(46)22-21-32(45)43-25-30-28(4)34(49-6)37(51-8)41(54-30)56-35-31(26-48-5)55-40(53-10)38(52-9)36(35)50-7/h27-31,34-38,40-41H,11-26H2,1-10H3,(H,42,47)(H,43,45)(H,44,46)/t28-,29+,30?,31?,34+,35-,36+,37?,38?,40+,41-/m1/s1. The lowest BCUT2D eigenvalue weighted by atomic mass is 9.89. The maximum Gasteiger partial charge on any atom is 0.242 e. The van der Waals surface area contributed by atoms with E-state index < -0.39 is 61.3 Å². The largest absolute Gasteiger partial charge is 0.382 e. The average molecular weight is 804 g/mol. The van der Waals surface area contributed by atoms with Gasteiger partial charge in [0.05, 0.1) is 18.8 Å². The summed E-state index contributed by atoms with van der Waals surface area (Å²) >= 11 is 0. The normalized spacial score (nSPS) is 28.6. The minimum absolute atomic E-state index is 0.0530. The van der Waals surface area contributed by atoms with Crippen LogP contribution in [0.25, 0.3) is 0 Å². The topological polar surface area (TPSA) is 170 Å². The van der Waals surface area contributed by atoms with E-state index in [9.17, 15) is 14.4 Å². The van der Waals surface area contributed by atoms with Gasteiger partial charge in [0.1, 0.15) is 36.6 Å². The molecule has 2 rings (SSSR count). The number of methoxy groups -OCH3 is 6. The van der Waals surface area contributed by atoms with Gasteiger partial charge in [0.15, 0.2) is 12.6 Å². The minimum atomic E-state index is -0.940. The third-order valence-electron chi connectivity index (χ3n) is 10.8. The van der Waals surface area contributed by atoms with Crippen LogP contribution in [0.5, 0.6) is 0 Å². The molecule has 0 saturated carbocycles. The van der Waals surface area contributed by atoms with Gasteiger partial charge in [-0.1, -0.05) is 85.5 Å². The Labute approximate surface area is 336 Å². The molecule has 0 aliphatic carbocycles. The Balaban J connectivity index is 1.91. The van der Waals surface area contributed by atoms with Crippen LogP contribution in [0.4, 0.5) is 0 Å². The van der Waals surface area contributed by atoms with Gasteiger partial charge < -0.3 is 58.6 Å². The van der Waals surface area contributed by atoms with Crippen LogP contribution in [0, 0.1) is 11.8 Å². The van der Waals surface area contributed by atoms with Crippen molar-refractivity contribution in [2.45, 2.75) is 173 Å². The smallest absolute Gasteiger partial charge is 0.242 e. The van der Waals surface area contributed by atoms with Crippen LogP contribution in [-0.2, 0) is 57.0 Å². The second-order valence-corrected chi connectivity index (χ2v) is 15.6. The molecule has 3 amide bonds. The van der Waals surface area contributed by atoms with Gasteiger partial charge in [-0.2, -0.15) is 0 Å². The second kappa shape index (κ2) is 28.5. The molecule has 0 aromatic rings. The molecule has 2 aliphatic heterocycles. The number of carbonyl (C=O) groups is 3. The Kier molecular flexibility index (Phi) is 25.5. The Morgan fingerprint density at radius 3 is 1.73 bits per heavy atom. The van der Waals surface area contributed by atoms with Crippen molar-refractivity contribution in [3.05, 3.63) is 0 Å². The summed E-state index contributed by atoms with van der Waals surface area (Å²) in [6.07, 6.45) is 6.84. The Morgan fingerprint density at radius 2 is 1.18 bits per heavy atom. The number of rotatable bonds is 29. The van der Waals surface area contributed by atoms with E-state index in [0.717, 1.165) is 12.8 Å². The predicted octanol–water partition coefficient (Wildman–Crippen LogP) is 4.27. The molecule has 15 nitrogen and oxygen atoms in total. The monoisotopic (exact) mass is 804 g/mol. The van der Waals surface area contributed by atoms with Crippen molar-refractivity contribution in [1.82, 2.24) is 16.0 Å². The molecule has 2 heterocycles. The molecule has 56 heavy (non-hydrogen) atoms. The quantitative estimate of drug-likeness (QED) is 0.0920. The zero-order chi connectivity index (χ0) is 41.5. The number of hydrogen-bond acceptors (Lipinski definition) is 12. The van der Waals surface area contributed by atoms with Gasteiger partial charge >= 0.3 is 0 Å². The van der Waals surface area contributed by atoms with E-state index in [1.54, 1.807) is 35.5 Å². The van der Waals surface area contributed by atoms with Crippen molar-refractivity contribution in [3.8, 4) is 0 Å². The molecule has 15 heteroatoms. The van der Waals surface area contributed by atoms with Gasteiger partial charge in [-0.25, -0.2) is 0 Å². The van der Waals surface area contributed by atoms with Gasteiger partial charge in [-0.05, 0) is 18.8 Å². The van der Waals surface area contributed by atoms with Crippen LogP contribution >= 0.6 is 0 Å². The predicted molar refractivity (Wildman–Crippen MR) is 212 cm³/mol. The first-order valence-corrected chi connectivity index (χ1v) is 20.9. The number of nitrogens with one attached hydrogen (secondary N) is 3. The maximum absolute atomic E-state index is 13.0. The van der Waals surface area contributed by atoms with Gasteiger partial charge in [0, 0.05) is 74.5 Å². The number of ether oxygens (including phenoxy) is 9. The highest BCUT2D eigenvalue weighted by Crippen LogP contribution is 2.35. The third-order valence-corrected chi connectivity index (χ3v) is 10.8. The molecule has 2 saturated heterocycles. The summed E-state index contributed by atoms with van der Waals surface area (Å²) in [4.78, 5) is 39.0. The van der Waals surface area contributed by atoms with E-state index in [0.29, 0.717) is 13.0 Å². The molecule has 0 aromatic heterocycles. The molecule has 0 radical (unpaired) electrons. The van der Waals surface area contributed by atoms with Gasteiger partial charge in [-0.15, -0.1) is 0 Å². The molecular formula is C41H77N3O12. The lowest BCUT2D eigenvalue weighted by Crippen LogP contribution is -2.65. The van der Waals surface area contributed by atoms with Gasteiger partial charge in [0.2, 0.25) is 17.7 Å². The summed E-state index contributed by atoms with van der Waals surface area (Å²) < 4.78 is 53.4. The molecule has 0 spiro atoms. The molecule has 11 atom stereocenters. The van der Waals surface area contributed by atoms with Crippen LogP contribution in [0.3, 0.4) is 0 Å². The summed E-state index contributed by atoms with van der Waals surface area (Å²) in [7, 11) is 9.34. The zero-order valence-electron chi connectivity index (χ0n) is 36.1. The lowest BCUT2D eigenvalue weighted by Gasteiger charge is -2.49. The van der Waals surface area contributed by atoms with E-state index in [4.69, 9.17) is 42.6 Å². The number of hydrogen-bond donors (Lipinski definition) is 3. The van der Waals surface area contributed by atoms with E-state index in [1.165, 1.54) is 58.5 Å². The third kappa shape index (κ3) is 16.7. The molecule has 328 valence electrons. The molecular weight excluding hydrogens is 726 g/mol. The summed E-state index contributed by atoms with van der Waals surface area (Å²) in [6, 6.07) is -0.655. The van der Waals surface area contributed by atoms with Crippen molar-refractivity contribution in [1.29, 1.82) is 0 Å². The Bertz CT molecular complexity index is 1090. The summed E-state index contributed by atoms with van der Waals surface area (Å²) in [6.45, 7) is 9.12. The molecule has 2 fully saturated rings. The summed E-state index contributed by atoms with van der Waals surface area (Å²) in [5, 5.41) is 8.78. The van der Waals surface area contributed by atoms with E-state index in [2.05, 4.69) is 22.9 Å². The highest BCUT2D eigenvalue weighted by atomic mass is 16.8. The van der Waals surface area contributed by atoms with Crippen molar-refractivity contribution >= 4 is 17.7 Å². The number of carbonyl (C=O) groups excluding carboxylic acids is 3. The van der Waals surface area contributed by atoms with Gasteiger partial charge in [-0.3, -0.25) is 14.4 Å². The molecule has 2 aliphatic rings. The zero-order valence-corrected chi connectivity index (χ0v) is 36.1. The van der Waals surface area contributed by atoms with E-state index in [-0.39, 0.29) is 55.6 Å². The molecule has 0 bridgehead atoms. The van der Waals surface area contributed by atoms with Gasteiger partial charge in [0.25, 0.3) is 0 Å².